The number of hydrogen-bond acceptors (Lipinski definition) is 5. The predicted octanol–water partition coefficient (Wildman–Crippen LogP) is 1.90. The molecule has 8 nitrogen and oxygen atoms in total. The summed E-state index contributed by atoms with van der Waals surface area (Å²) in [6.07, 6.45) is 0. The Labute approximate surface area is 134 Å². The van der Waals surface area contributed by atoms with Crippen LogP contribution < -0.4 is 15.2 Å². The molecule has 1 aromatic carbocycles. The van der Waals surface area contributed by atoms with Gasteiger partial charge in [0.05, 0.1) is 11.3 Å². The maximum absolute atomic E-state index is 12.5. The number of halogens is 3. The number of urea groups is 1. The molecule has 130 valence electrons. The monoisotopic (exact) mass is 364 g/mol. The number of nitrogens with zero attached hydrogens (tertiary/aromatic N) is 2. The fraction of sp³-hybridized carbons (Fsp3) is 0.167. The van der Waals surface area contributed by atoms with Crippen molar-refractivity contribution in [1.82, 2.24) is 9.78 Å². The Morgan fingerprint density at radius 3 is 2.38 bits per heavy atom. The van der Waals surface area contributed by atoms with Gasteiger partial charge < -0.3 is 9.92 Å². The van der Waals surface area contributed by atoms with E-state index in [1.807, 2.05) is 0 Å². The van der Waals surface area contributed by atoms with Gasteiger partial charge in [0, 0.05) is 0 Å². The average Bonchev–Trinajstić information content (AvgIpc) is 2.75. The van der Waals surface area contributed by atoms with Crippen LogP contribution >= 0.6 is 0 Å². The molecule has 2 aromatic rings. The Bertz CT molecular complexity index is 862. The van der Waals surface area contributed by atoms with Crippen LogP contribution in [0.15, 0.2) is 30.3 Å². The zero-order valence-corrected chi connectivity index (χ0v) is 12.9. The van der Waals surface area contributed by atoms with Crippen LogP contribution in [-0.2, 0) is 10.1 Å². The van der Waals surface area contributed by atoms with E-state index in [1.54, 1.807) is 18.2 Å². The number of aromatic nitrogens is 2. The lowest BCUT2D eigenvalue weighted by molar-refractivity contribution is -0.0501. The Morgan fingerprint density at radius 2 is 1.88 bits per heavy atom. The van der Waals surface area contributed by atoms with Gasteiger partial charge in [0.25, 0.3) is 5.88 Å². The number of rotatable bonds is 4. The number of carbonyl (C=O) groups is 1. The highest BCUT2D eigenvalue weighted by Crippen LogP contribution is 2.32. The Hall–Kier alpha value is -2.76. The van der Waals surface area contributed by atoms with Crippen molar-refractivity contribution in [2.24, 2.45) is 5.73 Å². The minimum Gasteiger partial charge on any atom is -0.353 e. The van der Waals surface area contributed by atoms with Gasteiger partial charge in [-0.15, -0.1) is 5.10 Å². The summed E-state index contributed by atoms with van der Waals surface area (Å²) in [5, 5.41) is 5.85. The van der Waals surface area contributed by atoms with E-state index in [2.05, 4.69) is 14.6 Å². The molecule has 0 bridgehead atoms. The van der Waals surface area contributed by atoms with Crippen molar-refractivity contribution in [3.8, 4) is 11.6 Å². The van der Waals surface area contributed by atoms with Crippen LogP contribution in [0, 0.1) is 6.92 Å². The summed E-state index contributed by atoms with van der Waals surface area (Å²) < 4.78 is 64.7. The van der Waals surface area contributed by atoms with Gasteiger partial charge in [-0.2, -0.15) is 21.6 Å². The number of amides is 2. The molecule has 0 saturated carbocycles. The van der Waals surface area contributed by atoms with Gasteiger partial charge in [0.15, 0.2) is 0 Å². The Kier molecular flexibility index (Phi) is 4.42. The lowest BCUT2D eigenvalue weighted by Gasteiger charge is -2.07. The van der Waals surface area contributed by atoms with Crippen LogP contribution in [0.5, 0.6) is 5.88 Å². The van der Waals surface area contributed by atoms with Crippen LogP contribution in [0.1, 0.15) is 5.56 Å². The van der Waals surface area contributed by atoms with Gasteiger partial charge in [-0.05, 0) is 19.1 Å². The highest BCUT2D eigenvalue weighted by molar-refractivity contribution is 7.87. The van der Waals surface area contributed by atoms with Crippen molar-refractivity contribution >= 4 is 22.0 Å². The van der Waals surface area contributed by atoms with Gasteiger partial charge in [-0.3, -0.25) is 5.32 Å². The molecule has 0 aliphatic carbocycles. The van der Waals surface area contributed by atoms with E-state index in [-0.39, 0.29) is 11.4 Å². The minimum absolute atomic E-state index is 0.124. The molecule has 0 atom stereocenters. The van der Waals surface area contributed by atoms with Gasteiger partial charge >= 0.3 is 21.7 Å². The molecule has 0 spiro atoms. The van der Waals surface area contributed by atoms with E-state index in [9.17, 15) is 26.4 Å². The van der Waals surface area contributed by atoms with Gasteiger partial charge in [0.1, 0.15) is 5.82 Å². The third kappa shape index (κ3) is 3.42. The van der Waals surface area contributed by atoms with Crippen molar-refractivity contribution < 1.29 is 30.6 Å². The molecule has 1 heterocycles. The molecule has 0 unspecified atom stereocenters. The first kappa shape index (κ1) is 17.6. The number of nitrogens with two attached hydrogens (primary N) is 1. The van der Waals surface area contributed by atoms with Gasteiger partial charge in [-0.25, -0.2) is 9.48 Å². The standard InChI is InChI=1S/C12H11F3N4O4S/c1-7-9(17-11(16)20)19(8-5-3-2-4-6-8)18-10(7)23-24(21,22)12(13,14)15/h2-6H,1H3,(H3,16,17,20). The maximum Gasteiger partial charge on any atom is 0.534 e. The number of anilines is 1. The fourth-order valence-corrected chi connectivity index (χ4v) is 2.19. The van der Waals surface area contributed by atoms with Crippen LogP contribution in [0.3, 0.4) is 0 Å². The molecular weight excluding hydrogens is 353 g/mol. The maximum atomic E-state index is 12.5. The third-order valence-electron chi connectivity index (χ3n) is 2.79. The molecular formula is C12H11F3N4O4S. The second kappa shape index (κ2) is 6.03. The quantitative estimate of drug-likeness (QED) is 0.635. The topological polar surface area (TPSA) is 116 Å². The Morgan fingerprint density at radius 1 is 1.29 bits per heavy atom. The first-order chi connectivity index (χ1) is 11.0. The Balaban J connectivity index is 2.56. The second-order valence-corrected chi connectivity index (χ2v) is 6.04. The van der Waals surface area contributed by atoms with Crippen LogP contribution in [0.25, 0.3) is 5.69 Å². The van der Waals surface area contributed by atoms with Gasteiger partial charge in [-0.1, -0.05) is 18.2 Å². The molecule has 24 heavy (non-hydrogen) atoms. The third-order valence-corrected chi connectivity index (χ3v) is 3.74. The summed E-state index contributed by atoms with van der Waals surface area (Å²) in [5.41, 5.74) is -0.413. The molecule has 0 aliphatic rings. The molecule has 2 rings (SSSR count). The summed E-state index contributed by atoms with van der Waals surface area (Å²) in [6, 6.07) is 6.93. The van der Waals surface area contributed by atoms with Crippen molar-refractivity contribution in [3.63, 3.8) is 0 Å². The van der Waals surface area contributed by atoms with Crippen LogP contribution in [-0.4, -0.2) is 29.7 Å². The van der Waals surface area contributed by atoms with Crippen molar-refractivity contribution in [1.29, 1.82) is 0 Å². The number of benzene rings is 1. The second-order valence-electron chi connectivity index (χ2n) is 4.50. The molecule has 0 fully saturated rings. The fourth-order valence-electron chi connectivity index (χ4n) is 1.73. The lowest BCUT2D eigenvalue weighted by atomic mass is 10.3. The highest BCUT2D eigenvalue weighted by atomic mass is 32.2. The molecule has 0 saturated heterocycles. The summed E-state index contributed by atoms with van der Waals surface area (Å²) in [6.45, 7) is 1.22. The van der Waals surface area contributed by atoms with E-state index in [4.69, 9.17) is 5.73 Å². The summed E-state index contributed by atoms with van der Waals surface area (Å²) in [7, 11) is -5.91. The van der Waals surface area contributed by atoms with Crippen molar-refractivity contribution in [3.05, 3.63) is 35.9 Å². The van der Waals surface area contributed by atoms with Gasteiger partial charge in [0.2, 0.25) is 0 Å². The summed E-state index contributed by atoms with van der Waals surface area (Å²) in [4.78, 5) is 11.1. The smallest absolute Gasteiger partial charge is 0.353 e. The van der Waals surface area contributed by atoms with E-state index >= 15 is 0 Å². The summed E-state index contributed by atoms with van der Waals surface area (Å²) >= 11 is 0. The van der Waals surface area contributed by atoms with E-state index < -0.39 is 27.5 Å². The highest BCUT2D eigenvalue weighted by Gasteiger charge is 2.49. The SMILES string of the molecule is Cc1c(OS(=O)(=O)C(F)(F)F)nn(-c2ccccc2)c1NC(N)=O. The van der Waals surface area contributed by atoms with Crippen LogP contribution in [0.4, 0.5) is 23.8 Å². The normalized spacial score (nSPS) is 12.0. The molecule has 0 radical (unpaired) electrons. The number of alkyl halides is 3. The predicted molar refractivity (Wildman–Crippen MR) is 77.1 cm³/mol. The van der Waals surface area contributed by atoms with E-state index in [1.165, 1.54) is 19.1 Å². The first-order valence-corrected chi connectivity index (χ1v) is 7.66. The molecule has 1 aromatic heterocycles. The number of para-hydroxylation sites is 1. The summed E-state index contributed by atoms with van der Waals surface area (Å²) in [5.74, 6) is -0.957. The van der Waals surface area contributed by atoms with Crippen LogP contribution in [0.2, 0.25) is 0 Å². The molecule has 2 amide bonds. The van der Waals surface area contributed by atoms with E-state index in [0.29, 0.717) is 5.69 Å². The zero-order chi connectivity index (χ0) is 18.1. The largest absolute Gasteiger partial charge is 0.534 e. The molecule has 12 heteroatoms. The molecule has 3 N–H and O–H groups in total. The van der Waals surface area contributed by atoms with Crippen molar-refractivity contribution in [2.75, 3.05) is 5.32 Å². The number of hydrogen-bond donors (Lipinski definition) is 2. The molecule has 0 aliphatic heterocycles. The average molecular weight is 364 g/mol. The first-order valence-electron chi connectivity index (χ1n) is 6.25. The number of carbonyl (C=O) groups excluding carboxylic acids is 1. The number of nitrogens with one attached hydrogen (secondary N) is 1. The van der Waals surface area contributed by atoms with Crippen molar-refractivity contribution in [2.45, 2.75) is 12.4 Å². The zero-order valence-electron chi connectivity index (χ0n) is 12.0. The number of primary amides is 1. The lowest BCUT2D eigenvalue weighted by Crippen LogP contribution is -2.28. The van der Waals surface area contributed by atoms with E-state index in [0.717, 1.165) is 4.68 Å². The minimum atomic E-state index is -5.91.